The number of carboxylic acid groups (broad SMARTS) is 1. The van der Waals surface area contributed by atoms with Crippen molar-refractivity contribution in [3.8, 4) is 5.75 Å². The van der Waals surface area contributed by atoms with Gasteiger partial charge in [-0.1, -0.05) is 12.7 Å². The van der Waals surface area contributed by atoms with Gasteiger partial charge in [0.05, 0.1) is 0 Å². The standard InChI is InChI=1S/C11H11NO5/c1-2-5-16-11(15)17-9-6-7(12)3-4-8(9)10(13)14/h2-4,6H,1,5,12H2,(H,13,14). The number of carbonyl (C=O) groups is 2. The SMILES string of the molecule is C=CCOC(=O)Oc1cc(N)ccc1C(=O)O. The highest BCUT2D eigenvalue weighted by Crippen LogP contribution is 2.22. The first-order chi connectivity index (χ1) is 8.04. The molecule has 0 aliphatic carbocycles. The summed E-state index contributed by atoms with van der Waals surface area (Å²) in [5.41, 5.74) is 5.57. The molecule has 3 N–H and O–H groups in total. The van der Waals surface area contributed by atoms with Crippen LogP contribution in [0.1, 0.15) is 10.4 Å². The van der Waals surface area contributed by atoms with Crippen molar-refractivity contribution in [2.24, 2.45) is 0 Å². The molecular weight excluding hydrogens is 226 g/mol. The molecule has 0 bridgehead atoms. The Morgan fingerprint density at radius 1 is 1.47 bits per heavy atom. The van der Waals surface area contributed by atoms with Gasteiger partial charge in [-0.2, -0.15) is 0 Å². The Labute approximate surface area is 97.3 Å². The normalized spacial score (nSPS) is 9.41. The molecule has 1 rings (SSSR count). The molecule has 0 heterocycles. The highest BCUT2D eigenvalue weighted by atomic mass is 16.7. The third-order valence-corrected chi connectivity index (χ3v) is 1.75. The van der Waals surface area contributed by atoms with E-state index in [0.717, 1.165) is 0 Å². The average Bonchev–Trinajstić information content (AvgIpc) is 2.26. The highest BCUT2D eigenvalue weighted by molar-refractivity contribution is 5.92. The quantitative estimate of drug-likeness (QED) is 0.357. The average molecular weight is 237 g/mol. The van der Waals surface area contributed by atoms with E-state index in [4.69, 9.17) is 15.6 Å². The molecule has 1 aromatic rings. The molecule has 17 heavy (non-hydrogen) atoms. The lowest BCUT2D eigenvalue weighted by atomic mass is 10.2. The first kappa shape index (κ1) is 12.6. The molecule has 0 aliphatic heterocycles. The summed E-state index contributed by atoms with van der Waals surface area (Å²) >= 11 is 0. The molecule has 6 heteroatoms. The molecule has 0 atom stereocenters. The van der Waals surface area contributed by atoms with Gasteiger partial charge in [0.2, 0.25) is 0 Å². The Kier molecular flexibility index (Phi) is 4.10. The predicted octanol–water partition coefficient (Wildman–Crippen LogP) is 1.67. The van der Waals surface area contributed by atoms with Gasteiger partial charge in [-0.3, -0.25) is 0 Å². The van der Waals surface area contributed by atoms with Gasteiger partial charge in [0.25, 0.3) is 0 Å². The van der Waals surface area contributed by atoms with Crippen LogP contribution in [0.15, 0.2) is 30.9 Å². The zero-order chi connectivity index (χ0) is 12.8. The second-order valence-electron chi connectivity index (χ2n) is 3.01. The minimum absolute atomic E-state index is 0.0243. The number of aromatic carboxylic acids is 1. The van der Waals surface area contributed by atoms with Crippen LogP contribution in [0.4, 0.5) is 10.5 Å². The van der Waals surface area contributed by atoms with Crippen LogP contribution in [-0.2, 0) is 4.74 Å². The summed E-state index contributed by atoms with van der Waals surface area (Å²) in [6.07, 6.45) is 0.344. The van der Waals surface area contributed by atoms with Gasteiger partial charge >= 0.3 is 12.1 Å². The number of anilines is 1. The van der Waals surface area contributed by atoms with Crippen molar-refractivity contribution in [3.63, 3.8) is 0 Å². The molecule has 0 aliphatic rings. The Morgan fingerprint density at radius 2 is 2.18 bits per heavy atom. The van der Waals surface area contributed by atoms with Crippen LogP contribution in [0.5, 0.6) is 5.75 Å². The third-order valence-electron chi connectivity index (χ3n) is 1.75. The zero-order valence-corrected chi connectivity index (χ0v) is 8.88. The zero-order valence-electron chi connectivity index (χ0n) is 8.88. The maximum atomic E-state index is 11.1. The van der Waals surface area contributed by atoms with Crippen LogP contribution in [0.25, 0.3) is 0 Å². The van der Waals surface area contributed by atoms with E-state index in [1.54, 1.807) is 0 Å². The van der Waals surface area contributed by atoms with Crippen molar-refractivity contribution in [2.75, 3.05) is 12.3 Å². The molecule has 90 valence electrons. The number of hydrogen-bond acceptors (Lipinski definition) is 5. The minimum atomic E-state index is -1.23. The van der Waals surface area contributed by atoms with Gasteiger partial charge in [-0.25, -0.2) is 9.59 Å². The Morgan fingerprint density at radius 3 is 2.76 bits per heavy atom. The summed E-state index contributed by atoms with van der Waals surface area (Å²) in [5, 5.41) is 8.86. The van der Waals surface area contributed by atoms with Gasteiger partial charge in [-0.15, -0.1) is 0 Å². The first-order valence-corrected chi connectivity index (χ1v) is 4.63. The van der Waals surface area contributed by atoms with Crippen LogP contribution in [0.2, 0.25) is 0 Å². The van der Waals surface area contributed by atoms with Crippen LogP contribution in [0.3, 0.4) is 0 Å². The molecule has 0 saturated heterocycles. The number of nitrogen functional groups attached to an aromatic ring is 1. The lowest BCUT2D eigenvalue weighted by molar-refractivity contribution is 0.0691. The lowest BCUT2D eigenvalue weighted by Gasteiger charge is -2.07. The van der Waals surface area contributed by atoms with E-state index in [1.165, 1.54) is 24.3 Å². The molecule has 0 saturated carbocycles. The van der Waals surface area contributed by atoms with Gasteiger partial charge in [0, 0.05) is 11.8 Å². The Hall–Kier alpha value is -2.50. The summed E-state index contributed by atoms with van der Waals surface area (Å²) < 4.78 is 9.28. The smallest absolute Gasteiger partial charge is 0.478 e. The molecule has 0 radical (unpaired) electrons. The summed E-state index contributed by atoms with van der Waals surface area (Å²) in [5.74, 6) is -1.39. The second kappa shape index (κ2) is 5.55. The molecule has 0 amide bonds. The van der Waals surface area contributed by atoms with Crippen molar-refractivity contribution in [3.05, 3.63) is 36.4 Å². The number of benzene rings is 1. The second-order valence-corrected chi connectivity index (χ2v) is 3.01. The number of carbonyl (C=O) groups excluding carboxylic acids is 1. The van der Waals surface area contributed by atoms with E-state index in [1.807, 2.05) is 0 Å². The fourth-order valence-electron chi connectivity index (χ4n) is 1.05. The van der Waals surface area contributed by atoms with Crippen LogP contribution in [0, 0.1) is 0 Å². The fraction of sp³-hybridized carbons (Fsp3) is 0.0909. The number of carboxylic acids is 1. The molecule has 0 spiro atoms. The predicted molar refractivity (Wildman–Crippen MR) is 60.0 cm³/mol. The molecule has 0 unspecified atom stereocenters. The lowest BCUT2D eigenvalue weighted by Crippen LogP contribution is -2.13. The third kappa shape index (κ3) is 3.53. The summed E-state index contributed by atoms with van der Waals surface area (Å²) in [7, 11) is 0. The minimum Gasteiger partial charge on any atom is -0.478 e. The van der Waals surface area contributed by atoms with Crippen molar-refractivity contribution >= 4 is 17.8 Å². The van der Waals surface area contributed by atoms with E-state index in [-0.39, 0.29) is 23.6 Å². The monoisotopic (exact) mass is 237 g/mol. The molecule has 1 aromatic carbocycles. The topological polar surface area (TPSA) is 98.9 Å². The van der Waals surface area contributed by atoms with Gasteiger partial charge in [0.1, 0.15) is 12.2 Å². The Bertz CT molecular complexity index is 455. The van der Waals surface area contributed by atoms with Gasteiger partial charge in [-0.05, 0) is 12.1 Å². The summed E-state index contributed by atoms with van der Waals surface area (Å²) in [6.45, 7) is 3.33. The number of nitrogens with two attached hydrogens (primary N) is 1. The van der Waals surface area contributed by atoms with E-state index >= 15 is 0 Å². The molecular formula is C11H11NO5. The van der Waals surface area contributed by atoms with Gasteiger partial charge < -0.3 is 20.3 Å². The highest BCUT2D eigenvalue weighted by Gasteiger charge is 2.15. The van der Waals surface area contributed by atoms with Crippen LogP contribution in [-0.4, -0.2) is 23.8 Å². The molecule has 0 aromatic heterocycles. The van der Waals surface area contributed by atoms with Crippen molar-refractivity contribution in [2.45, 2.75) is 0 Å². The summed E-state index contributed by atoms with van der Waals surface area (Å²) in [4.78, 5) is 22.0. The van der Waals surface area contributed by atoms with Crippen LogP contribution < -0.4 is 10.5 Å². The maximum absolute atomic E-state index is 11.1. The molecule has 0 fully saturated rings. The van der Waals surface area contributed by atoms with Crippen molar-refractivity contribution in [1.29, 1.82) is 0 Å². The largest absolute Gasteiger partial charge is 0.514 e. The van der Waals surface area contributed by atoms with E-state index in [9.17, 15) is 9.59 Å². The number of rotatable bonds is 4. The van der Waals surface area contributed by atoms with E-state index in [2.05, 4.69) is 11.3 Å². The maximum Gasteiger partial charge on any atom is 0.514 e. The van der Waals surface area contributed by atoms with E-state index < -0.39 is 12.1 Å². The fourth-order valence-corrected chi connectivity index (χ4v) is 1.05. The number of hydrogen-bond donors (Lipinski definition) is 2. The molecule has 6 nitrogen and oxygen atoms in total. The van der Waals surface area contributed by atoms with Crippen LogP contribution >= 0.6 is 0 Å². The number of ether oxygens (including phenoxy) is 2. The van der Waals surface area contributed by atoms with Gasteiger partial charge in [0.15, 0.2) is 5.75 Å². The van der Waals surface area contributed by atoms with E-state index in [0.29, 0.717) is 0 Å². The van der Waals surface area contributed by atoms with Crippen molar-refractivity contribution < 1.29 is 24.2 Å². The summed E-state index contributed by atoms with van der Waals surface area (Å²) in [6, 6.07) is 3.87. The Balaban J connectivity index is 2.88. The first-order valence-electron chi connectivity index (χ1n) is 4.63. The van der Waals surface area contributed by atoms with Crippen molar-refractivity contribution in [1.82, 2.24) is 0 Å².